The van der Waals surface area contributed by atoms with Crippen molar-refractivity contribution in [3.8, 4) is 0 Å². The summed E-state index contributed by atoms with van der Waals surface area (Å²) in [5, 5.41) is 15.4. The van der Waals surface area contributed by atoms with Crippen LogP contribution < -0.4 is 5.32 Å². The van der Waals surface area contributed by atoms with E-state index in [0.29, 0.717) is 18.4 Å². The number of aromatic nitrogens is 4. The van der Waals surface area contributed by atoms with Crippen molar-refractivity contribution in [2.24, 2.45) is 0 Å². The maximum atomic E-state index is 4.95. The molecule has 0 saturated carbocycles. The molecule has 1 atom stereocenters. The van der Waals surface area contributed by atoms with Gasteiger partial charge in [-0.15, -0.1) is 5.10 Å². The van der Waals surface area contributed by atoms with Gasteiger partial charge in [0.2, 0.25) is 0 Å². The summed E-state index contributed by atoms with van der Waals surface area (Å²) in [6.45, 7) is 5.19. The molecular weight excluding hydrogens is 226 g/mol. The molecule has 0 aromatic carbocycles. The Morgan fingerprint density at radius 2 is 2.38 bits per heavy atom. The number of methoxy groups -OCH3 is 1. The molecule has 0 aliphatic heterocycles. The van der Waals surface area contributed by atoms with Crippen molar-refractivity contribution in [2.45, 2.75) is 25.3 Å². The van der Waals surface area contributed by atoms with Gasteiger partial charge < -0.3 is 10.1 Å². The third-order valence-corrected chi connectivity index (χ3v) is 3.16. The van der Waals surface area contributed by atoms with Crippen molar-refractivity contribution in [3.63, 3.8) is 0 Å². The molecule has 0 bridgehead atoms. The first-order chi connectivity index (χ1) is 7.77. The average molecular weight is 245 g/mol. The number of thioether (sulfide) groups is 1. The first-order valence-corrected chi connectivity index (χ1v) is 6.54. The molecule has 1 aromatic heterocycles. The van der Waals surface area contributed by atoms with Gasteiger partial charge >= 0.3 is 0 Å². The molecule has 0 aliphatic rings. The lowest BCUT2D eigenvalue weighted by atomic mass is 10.4. The van der Waals surface area contributed by atoms with Gasteiger partial charge in [0.05, 0.1) is 19.7 Å². The van der Waals surface area contributed by atoms with Gasteiger partial charge in [-0.25, -0.2) is 4.68 Å². The van der Waals surface area contributed by atoms with Crippen molar-refractivity contribution < 1.29 is 4.74 Å². The zero-order chi connectivity index (χ0) is 11.8. The van der Waals surface area contributed by atoms with Crippen LogP contribution in [-0.4, -0.2) is 52.0 Å². The molecule has 92 valence electrons. The predicted molar refractivity (Wildman–Crippen MR) is 64.4 cm³/mol. The van der Waals surface area contributed by atoms with E-state index >= 15 is 0 Å². The van der Waals surface area contributed by atoms with Crippen LogP contribution in [0.5, 0.6) is 0 Å². The molecule has 0 saturated heterocycles. The maximum absolute atomic E-state index is 4.95. The number of tetrazole rings is 1. The Labute approximate surface area is 100 Å². The Morgan fingerprint density at radius 3 is 3.06 bits per heavy atom. The van der Waals surface area contributed by atoms with E-state index in [4.69, 9.17) is 4.74 Å². The van der Waals surface area contributed by atoms with Crippen LogP contribution in [0.2, 0.25) is 0 Å². The summed E-state index contributed by atoms with van der Waals surface area (Å²) in [6, 6.07) is 0. The van der Waals surface area contributed by atoms with E-state index in [9.17, 15) is 0 Å². The maximum Gasteiger partial charge on any atom is 0.165 e. The Morgan fingerprint density at radius 1 is 1.56 bits per heavy atom. The van der Waals surface area contributed by atoms with Gasteiger partial charge in [0.1, 0.15) is 0 Å². The van der Waals surface area contributed by atoms with E-state index in [1.807, 2.05) is 4.68 Å². The third-order valence-electron chi connectivity index (χ3n) is 2.20. The number of ether oxygens (including phenoxy) is 1. The Balaban J connectivity index is 2.38. The van der Waals surface area contributed by atoms with Crippen molar-refractivity contribution in [1.82, 2.24) is 25.5 Å². The summed E-state index contributed by atoms with van der Waals surface area (Å²) >= 11 is 1.81. The van der Waals surface area contributed by atoms with Gasteiger partial charge in [-0.05, 0) is 16.7 Å². The molecule has 0 fully saturated rings. The normalized spacial score (nSPS) is 12.9. The lowest BCUT2D eigenvalue weighted by molar-refractivity contribution is 0.198. The average Bonchev–Trinajstić information content (AvgIpc) is 2.72. The highest BCUT2D eigenvalue weighted by Gasteiger charge is 2.08. The van der Waals surface area contributed by atoms with Crippen LogP contribution in [0, 0.1) is 0 Å². The molecule has 1 N–H and O–H groups in total. The molecule has 16 heavy (non-hydrogen) atoms. The van der Waals surface area contributed by atoms with Gasteiger partial charge in [-0.1, -0.05) is 6.92 Å². The number of nitrogens with one attached hydrogen (secondary N) is 1. The molecular formula is C9H19N5OS. The molecule has 0 aliphatic carbocycles. The zero-order valence-corrected chi connectivity index (χ0v) is 10.8. The van der Waals surface area contributed by atoms with Gasteiger partial charge in [0.15, 0.2) is 5.82 Å². The fourth-order valence-electron chi connectivity index (χ4n) is 1.18. The second-order valence-corrected chi connectivity index (χ2v) is 4.77. The van der Waals surface area contributed by atoms with E-state index in [1.54, 1.807) is 18.9 Å². The largest absolute Gasteiger partial charge is 0.383 e. The van der Waals surface area contributed by atoms with Crippen LogP contribution in [0.25, 0.3) is 0 Å². The molecule has 0 spiro atoms. The fourth-order valence-corrected chi connectivity index (χ4v) is 1.47. The van der Waals surface area contributed by atoms with Crippen molar-refractivity contribution in [1.29, 1.82) is 0 Å². The predicted octanol–water partition coefficient (Wildman–Crippen LogP) is 0.161. The number of hydrogen-bond donors (Lipinski definition) is 1. The molecule has 1 rings (SSSR count). The van der Waals surface area contributed by atoms with Crippen LogP contribution in [-0.2, 0) is 17.8 Å². The van der Waals surface area contributed by atoms with Crippen LogP contribution in [0.3, 0.4) is 0 Å². The minimum atomic E-state index is 0.515. The van der Waals surface area contributed by atoms with Crippen molar-refractivity contribution >= 4 is 11.8 Å². The minimum absolute atomic E-state index is 0.515. The summed E-state index contributed by atoms with van der Waals surface area (Å²) in [5.41, 5.74) is 0. The Kier molecular flexibility index (Phi) is 6.36. The number of hydrogen-bond acceptors (Lipinski definition) is 6. The lowest BCUT2D eigenvalue weighted by Gasteiger charge is -2.09. The SMILES string of the molecule is COCCNCc1nnnn1CC(C)SC. The van der Waals surface area contributed by atoms with Crippen molar-refractivity contribution in [3.05, 3.63) is 5.82 Å². The molecule has 6 nitrogen and oxygen atoms in total. The Hall–Kier alpha value is -0.660. The first-order valence-electron chi connectivity index (χ1n) is 5.25. The van der Waals surface area contributed by atoms with E-state index in [-0.39, 0.29) is 0 Å². The highest BCUT2D eigenvalue weighted by Crippen LogP contribution is 2.07. The fraction of sp³-hybridized carbons (Fsp3) is 0.889. The first kappa shape index (κ1) is 13.4. The molecule has 1 unspecified atom stereocenters. The minimum Gasteiger partial charge on any atom is -0.383 e. The lowest BCUT2D eigenvalue weighted by Crippen LogP contribution is -2.22. The van der Waals surface area contributed by atoms with Crippen LogP contribution in [0.1, 0.15) is 12.7 Å². The number of nitrogens with zero attached hydrogens (tertiary/aromatic N) is 4. The van der Waals surface area contributed by atoms with E-state index in [2.05, 4.69) is 34.0 Å². The second-order valence-electron chi connectivity index (χ2n) is 3.49. The highest BCUT2D eigenvalue weighted by molar-refractivity contribution is 7.99. The quantitative estimate of drug-likeness (QED) is 0.658. The summed E-state index contributed by atoms with van der Waals surface area (Å²) in [4.78, 5) is 0. The van der Waals surface area contributed by atoms with Crippen LogP contribution >= 0.6 is 11.8 Å². The van der Waals surface area contributed by atoms with E-state index < -0.39 is 0 Å². The third kappa shape index (κ3) is 4.46. The van der Waals surface area contributed by atoms with Gasteiger partial charge in [0, 0.05) is 18.9 Å². The van der Waals surface area contributed by atoms with E-state index in [0.717, 1.165) is 18.9 Å². The smallest absolute Gasteiger partial charge is 0.165 e. The number of rotatable bonds is 8. The summed E-state index contributed by atoms with van der Waals surface area (Å²) < 4.78 is 6.80. The van der Waals surface area contributed by atoms with Gasteiger partial charge in [-0.2, -0.15) is 11.8 Å². The monoisotopic (exact) mass is 245 g/mol. The van der Waals surface area contributed by atoms with E-state index in [1.165, 1.54) is 0 Å². The van der Waals surface area contributed by atoms with Crippen LogP contribution in [0.15, 0.2) is 0 Å². The second kappa shape index (κ2) is 7.59. The molecule has 7 heteroatoms. The summed E-state index contributed by atoms with van der Waals surface area (Å²) in [6.07, 6.45) is 2.09. The van der Waals surface area contributed by atoms with Gasteiger partial charge in [0.25, 0.3) is 0 Å². The molecule has 1 aromatic rings. The summed E-state index contributed by atoms with van der Waals surface area (Å²) in [5.74, 6) is 0.872. The van der Waals surface area contributed by atoms with Crippen LogP contribution in [0.4, 0.5) is 0 Å². The standard InChI is InChI=1S/C9H19N5OS/c1-8(16-3)7-14-9(11-12-13-14)6-10-4-5-15-2/h8,10H,4-7H2,1-3H3. The summed E-state index contributed by atoms with van der Waals surface area (Å²) in [7, 11) is 1.69. The molecule has 1 heterocycles. The van der Waals surface area contributed by atoms with Gasteiger partial charge in [-0.3, -0.25) is 0 Å². The Bertz CT molecular complexity index is 293. The highest BCUT2D eigenvalue weighted by atomic mass is 32.2. The topological polar surface area (TPSA) is 64.9 Å². The molecule has 0 amide bonds. The molecule has 0 radical (unpaired) electrons. The zero-order valence-electron chi connectivity index (χ0n) is 10.0. The van der Waals surface area contributed by atoms with Crippen molar-refractivity contribution in [2.75, 3.05) is 26.5 Å².